The van der Waals surface area contributed by atoms with Crippen LogP contribution in [0.5, 0.6) is 0 Å². The fraction of sp³-hybridized carbons (Fsp3) is 0.571. The number of hydrogen-bond acceptors (Lipinski definition) is 4. The smallest absolute Gasteiger partial charge is 0.124 e. The Hall–Kier alpha value is -0.450. The average Bonchev–Trinajstić information content (AvgIpc) is 2.75. The van der Waals surface area contributed by atoms with Gasteiger partial charge in [-0.1, -0.05) is 0 Å². The van der Waals surface area contributed by atoms with Crippen LogP contribution in [0.3, 0.4) is 0 Å². The summed E-state index contributed by atoms with van der Waals surface area (Å²) in [5, 5.41) is 3.06. The first kappa shape index (κ1) is 7.21. The minimum atomic E-state index is 0.275. The van der Waals surface area contributed by atoms with Crippen LogP contribution in [0.1, 0.15) is 16.8 Å². The monoisotopic (exact) mass is 171 g/mol. The molecule has 0 amide bonds. The molecule has 11 heavy (non-hydrogen) atoms. The van der Waals surface area contributed by atoms with E-state index in [-0.39, 0.29) is 6.10 Å². The number of aromatic nitrogens is 1. The molecule has 1 aliphatic heterocycles. The van der Waals surface area contributed by atoms with Gasteiger partial charge in [0.15, 0.2) is 0 Å². The summed E-state index contributed by atoms with van der Waals surface area (Å²) in [6.45, 7) is 1.44. The summed E-state index contributed by atoms with van der Waals surface area (Å²) >= 11 is 1.63. The molecule has 0 saturated carbocycles. The molecule has 1 atom stereocenters. The Balaban J connectivity index is 2.06. The number of nitrogens with zero attached hydrogens (tertiary/aromatic N) is 1. The number of thiazole rings is 1. The molecule has 1 aromatic heterocycles. The minimum Gasteiger partial charge on any atom is -0.378 e. The van der Waals surface area contributed by atoms with E-state index in [1.54, 1.807) is 18.4 Å². The van der Waals surface area contributed by atoms with Crippen molar-refractivity contribution in [1.29, 1.82) is 0 Å². The molecule has 60 valence electrons. The maximum absolute atomic E-state index is 5.09. The molecular weight excluding hydrogens is 162 g/mol. The summed E-state index contributed by atoms with van der Waals surface area (Å²) in [7, 11) is 1.68. The zero-order chi connectivity index (χ0) is 7.68. The van der Waals surface area contributed by atoms with Crippen LogP contribution in [0.15, 0.2) is 5.38 Å². The van der Waals surface area contributed by atoms with Gasteiger partial charge in [-0.25, -0.2) is 4.98 Å². The van der Waals surface area contributed by atoms with Crippen molar-refractivity contribution in [2.24, 2.45) is 0 Å². The average molecular weight is 171 g/mol. The maximum atomic E-state index is 5.09. The number of methoxy groups -OCH3 is 1. The molecule has 0 N–H and O–H groups in total. The predicted octanol–water partition coefficient (Wildman–Crippen LogP) is 1.36. The Morgan fingerprint density at radius 1 is 1.91 bits per heavy atom. The summed E-state index contributed by atoms with van der Waals surface area (Å²) in [4.78, 5) is 4.33. The van der Waals surface area contributed by atoms with Crippen LogP contribution in [-0.4, -0.2) is 18.7 Å². The molecule has 4 heteroatoms. The third kappa shape index (κ3) is 1.58. The summed E-state index contributed by atoms with van der Waals surface area (Å²) in [6, 6.07) is 0. The highest BCUT2D eigenvalue weighted by Gasteiger charge is 2.27. The molecule has 1 fully saturated rings. The van der Waals surface area contributed by atoms with Gasteiger partial charge in [0.25, 0.3) is 0 Å². The highest BCUT2D eigenvalue weighted by molar-refractivity contribution is 7.09. The topological polar surface area (TPSA) is 34.6 Å². The lowest BCUT2D eigenvalue weighted by molar-refractivity contribution is 0.184. The lowest BCUT2D eigenvalue weighted by atomic mass is 10.4. The molecule has 0 unspecified atom stereocenters. The summed E-state index contributed by atoms with van der Waals surface area (Å²) in [6.07, 6.45) is 0.275. The first-order chi connectivity index (χ1) is 5.40. The Kier molecular flexibility index (Phi) is 1.89. The van der Waals surface area contributed by atoms with Gasteiger partial charge in [-0.3, -0.25) is 0 Å². The van der Waals surface area contributed by atoms with Crippen LogP contribution >= 0.6 is 11.3 Å². The molecule has 1 aromatic rings. The second kappa shape index (κ2) is 2.89. The van der Waals surface area contributed by atoms with Crippen molar-refractivity contribution in [2.45, 2.75) is 12.7 Å². The van der Waals surface area contributed by atoms with Gasteiger partial charge in [0.1, 0.15) is 11.1 Å². The van der Waals surface area contributed by atoms with E-state index in [0.29, 0.717) is 6.61 Å². The van der Waals surface area contributed by atoms with Crippen molar-refractivity contribution in [3.63, 3.8) is 0 Å². The summed E-state index contributed by atoms with van der Waals surface area (Å²) in [5.41, 5.74) is 1.06. The van der Waals surface area contributed by atoms with Crippen LogP contribution in [0, 0.1) is 0 Å². The Morgan fingerprint density at radius 2 is 2.73 bits per heavy atom. The normalized spacial score (nSPS) is 22.1. The van der Waals surface area contributed by atoms with Gasteiger partial charge in [-0.2, -0.15) is 0 Å². The van der Waals surface area contributed by atoms with E-state index in [1.807, 2.05) is 5.38 Å². The second-order valence-electron chi connectivity index (χ2n) is 2.42. The van der Waals surface area contributed by atoms with Gasteiger partial charge in [-0.05, 0) is 0 Å². The lowest BCUT2D eigenvalue weighted by Gasteiger charge is -1.89. The molecular formula is C7H9NO2S. The number of ether oxygens (including phenoxy) is 2. The maximum Gasteiger partial charge on any atom is 0.124 e. The number of epoxide rings is 1. The number of hydrogen-bond donors (Lipinski definition) is 0. The van der Waals surface area contributed by atoms with E-state index >= 15 is 0 Å². The van der Waals surface area contributed by atoms with Crippen molar-refractivity contribution >= 4 is 11.3 Å². The fourth-order valence-electron chi connectivity index (χ4n) is 0.882. The van der Waals surface area contributed by atoms with Gasteiger partial charge >= 0.3 is 0 Å². The molecule has 2 heterocycles. The van der Waals surface area contributed by atoms with E-state index in [9.17, 15) is 0 Å². The van der Waals surface area contributed by atoms with Gasteiger partial charge in [0.05, 0.1) is 18.9 Å². The van der Waals surface area contributed by atoms with Crippen LogP contribution < -0.4 is 0 Å². The molecule has 0 spiro atoms. The highest BCUT2D eigenvalue weighted by Crippen LogP contribution is 2.30. The van der Waals surface area contributed by atoms with E-state index < -0.39 is 0 Å². The molecule has 0 aliphatic carbocycles. The van der Waals surface area contributed by atoms with Crippen LogP contribution in [0.4, 0.5) is 0 Å². The van der Waals surface area contributed by atoms with Gasteiger partial charge in [0.2, 0.25) is 0 Å². The fourth-order valence-corrected chi connectivity index (χ4v) is 1.69. The predicted molar refractivity (Wildman–Crippen MR) is 41.5 cm³/mol. The first-order valence-corrected chi connectivity index (χ1v) is 4.33. The van der Waals surface area contributed by atoms with Crippen molar-refractivity contribution in [3.8, 4) is 0 Å². The molecule has 3 nitrogen and oxygen atoms in total. The molecule has 0 radical (unpaired) electrons. The van der Waals surface area contributed by atoms with Crippen molar-refractivity contribution in [2.75, 3.05) is 13.7 Å². The molecule has 1 aliphatic rings. The van der Waals surface area contributed by atoms with Crippen molar-refractivity contribution in [1.82, 2.24) is 4.98 Å². The van der Waals surface area contributed by atoms with E-state index in [2.05, 4.69) is 4.98 Å². The van der Waals surface area contributed by atoms with Gasteiger partial charge in [0, 0.05) is 12.5 Å². The van der Waals surface area contributed by atoms with Crippen LogP contribution in [-0.2, 0) is 16.1 Å². The lowest BCUT2D eigenvalue weighted by Crippen LogP contribution is -1.87. The Bertz CT molecular complexity index is 244. The Labute approximate surface area is 69.0 Å². The highest BCUT2D eigenvalue weighted by atomic mass is 32.1. The minimum absolute atomic E-state index is 0.275. The first-order valence-electron chi connectivity index (χ1n) is 3.45. The quantitative estimate of drug-likeness (QED) is 0.644. The van der Waals surface area contributed by atoms with Crippen LogP contribution in [0.2, 0.25) is 0 Å². The van der Waals surface area contributed by atoms with Crippen LogP contribution in [0.25, 0.3) is 0 Å². The van der Waals surface area contributed by atoms with E-state index in [4.69, 9.17) is 9.47 Å². The zero-order valence-electron chi connectivity index (χ0n) is 6.24. The zero-order valence-corrected chi connectivity index (χ0v) is 7.06. The second-order valence-corrected chi connectivity index (χ2v) is 3.36. The Morgan fingerprint density at radius 3 is 3.36 bits per heavy atom. The van der Waals surface area contributed by atoms with Gasteiger partial charge in [-0.15, -0.1) is 11.3 Å². The third-order valence-corrected chi connectivity index (χ3v) is 2.34. The molecule has 0 aromatic carbocycles. The summed E-state index contributed by atoms with van der Waals surface area (Å²) in [5.74, 6) is 0. The van der Waals surface area contributed by atoms with E-state index in [1.165, 1.54) is 0 Å². The standard InChI is InChI=1S/C7H9NO2S/c1-9-3-7-8-5(4-11-7)6-2-10-6/h4,6H,2-3H2,1H3/t6-/m0/s1. The molecule has 0 bridgehead atoms. The van der Waals surface area contributed by atoms with Gasteiger partial charge < -0.3 is 9.47 Å². The van der Waals surface area contributed by atoms with E-state index in [0.717, 1.165) is 17.3 Å². The van der Waals surface area contributed by atoms with Crippen molar-refractivity contribution < 1.29 is 9.47 Å². The van der Waals surface area contributed by atoms with Crippen molar-refractivity contribution in [3.05, 3.63) is 16.1 Å². The largest absolute Gasteiger partial charge is 0.378 e. The third-order valence-electron chi connectivity index (χ3n) is 1.50. The SMILES string of the molecule is COCc1nc([C@@H]2CO2)cs1. The summed E-state index contributed by atoms with van der Waals surface area (Å²) < 4.78 is 10.0. The molecule has 1 saturated heterocycles. The number of rotatable bonds is 3. The molecule has 2 rings (SSSR count).